The van der Waals surface area contributed by atoms with Gasteiger partial charge in [-0.3, -0.25) is 0 Å². The Bertz CT molecular complexity index is 680. The van der Waals surface area contributed by atoms with Gasteiger partial charge in [-0.1, -0.05) is 6.42 Å². The summed E-state index contributed by atoms with van der Waals surface area (Å²) in [5.41, 5.74) is 4.22. The van der Waals surface area contributed by atoms with Crippen LogP contribution in [0.15, 0.2) is 23.1 Å². The van der Waals surface area contributed by atoms with Gasteiger partial charge < -0.3 is 5.73 Å². The second kappa shape index (κ2) is 7.55. The molecule has 0 bridgehead atoms. The van der Waals surface area contributed by atoms with E-state index in [1.165, 1.54) is 0 Å². The highest BCUT2D eigenvalue weighted by Gasteiger charge is 2.39. The Hall–Kier alpha value is -0.900. The molecule has 0 spiro atoms. The van der Waals surface area contributed by atoms with Gasteiger partial charge in [0.25, 0.3) is 0 Å². The van der Waals surface area contributed by atoms with Gasteiger partial charge >= 0.3 is 6.18 Å². The molecule has 4 nitrogen and oxygen atoms in total. The lowest BCUT2D eigenvalue weighted by Gasteiger charge is -2.37. The third-order valence-corrected chi connectivity index (χ3v) is 5.88. The average Bonchev–Trinajstić information content (AvgIpc) is 2.46. The molecular weight excluding hydrogens is 372 g/mol. The first-order chi connectivity index (χ1) is 10.5. The summed E-state index contributed by atoms with van der Waals surface area (Å²) in [5.74, 6) is -1.50. The van der Waals surface area contributed by atoms with Gasteiger partial charge in [-0.15, -0.1) is 12.4 Å². The Balaban J connectivity index is 0.00000288. The van der Waals surface area contributed by atoms with Crippen molar-refractivity contribution in [1.29, 1.82) is 0 Å². The number of halogens is 5. The largest absolute Gasteiger partial charge is 0.419 e. The van der Waals surface area contributed by atoms with Crippen LogP contribution in [0.3, 0.4) is 0 Å². The number of alkyl halides is 3. The third-order valence-electron chi connectivity index (χ3n) is 3.96. The predicted molar refractivity (Wildman–Crippen MR) is 83.8 cm³/mol. The Morgan fingerprint density at radius 2 is 1.92 bits per heavy atom. The van der Waals surface area contributed by atoms with Gasteiger partial charge in [0.05, 0.1) is 10.5 Å². The van der Waals surface area contributed by atoms with Crippen molar-refractivity contribution >= 4 is 22.4 Å². The Morgan fingerprint density at radius 3 is 2.46 bits per heavy atom. The van der Waals surface area contributed by atoms with Crippen LogP contribution in [0.25, 0.3) is 0 Å². The number of sulfonamides is 1. The minimum atomic E-state index is -4.96. The SMILES string of the molecule is CC(N)C1CCCCN1S(=O)(=O)c1ccc(F)c(C(F)(F)F)c1.Cl. The maximum Gasteiger partial charge on any atom is 0.419 e. The molecule has 1 fully saturated rings. The highest BCUT2D eigenvalue weighted by molar-refractivity contribution is 7.89. The van der Waals surface area contributed by atoms with E-state index in [0.717, 1.165) is 16.8 Å². The van der Waals surface area contributed by atoms with Crippen molar-refractivity contribution in [2.45, 2.75) is 49.3 Å². The van der Waals surface area contributed by atoms with Crippen molar-refractivity contribution in [2.75, 3.05) is 6.54 Å². The average molecular weight is 391 g/mol. The molecule has 1 saturated heterocycles. The fourth-order valence-electron chi connectivity index (χ4n) is 2.77. The standard InChI is InChI=1S/C14H18F4N2O2S.ClH/c1-9(19)13-4-2-3-7-20(13)23(21,22)10-5-6-12(15)11(8-10)14(16,17)18;/h5-6,8-9,13H,2-4,7,19H2,1H3;1H. The molecular formula is C14H19ClF4N2O2S. The second-order valence-corrected chi connectivity index (χ2v) is 7.57. The molecule has 1 heterocycles. The number of piperidine rings is 1. The maximum atomic E-state index is 13.4. The Morgan fingerprint density at radius 1 is 1.29 bits per heavy atom. The molecule has 0 aromatic heterocycles. The monoisotopic (exact) mass is 390 g/mol. The summed E-state index contributed by atoms with van der Waals surface area (Å²) in [7, 11) is -4.17. The van der Waals surface area contributed by atoms with E-state index >= 15 is 0 Å². The summed E-state index contributed by atoms with van der Waals surface area (Å²) in [4.78, 5) is -0.571. The van der Waals surface area contributed by atoms with Crippen LogP contribution in [0.4, 0.5) is 17.6 Å². The van der Waals surface area contributed by atoms with Gasteiger partial charge in [-0.2, -0.15) is 17.5 Å². The molecule has 0 saturated carbocycles. The van der Waals surface area contributed by atoms with Crippen molar-refractivity contribution in [3.63, 3.8) is 0 Å². The molecule has 138 valence electrons. The summed E-state index contributed by atoms with van der Waals surface area (Å²) in [6.45, 7) is 1.84. The molecule has 0 amide bonds. The number of hydrogen-bond acceptors (Lipinski definition) is 3. The summed E-state index contributed by atoms with van der Waals surface area (Å²) in [6, 6.07) is 0.797. The molecule has 10 heteroatoms. The molecule has 2 unspecified atom stereocenters. The zero-order chi connectivity index (χ0) is 17.4. The van der Waals surface area contributed by atoms with Crippen LogP contribution in [-0.2, 0) is 16.2 Å². The fourth-order valence-corrected chi connectivity index (χ4v) is 4.57. The van der Waals surface area contributed by atoms with Crippen LogP contribution in [0.1, 0.15) is 31.7 Å². The summed E-state index contributed by atoms with van der Waals surface area (Å²) < 4.78 is 78.2. The third kappa shape index (κ3) is 4.19. The van der Waals surface area contributed by atoms with Gasteiger partial charge in [-0.25, -0.2) is 12.8 Å². The highest BCUT2D eigenvalue weighted by Crippen LogP contribution is 2.34. The summed E-state index contributed by atoms with van der Waals surface area (Å²) >= 11 is 0. The number of nitrogens with two attached hydrogens (primary N) is 1. The van der Waals surface area contributed by atoms with Crippen LogP contribution in [0, 0.1) is 5.82 Å². The molecule has 2 rings (SSSR count). The smallest absolute Gasteiger partial charge is 0.326 e. The molecule has 24 heavy (non-hydrogen) atoms. The number of nitrogens with zero attached hydrogens (tertiary/aromatic N) is 1. The predicted octanol–water partition coefficient (Wildman–Crippen LogP) is 3.16. The van der Waals surface area contributed by atoms with Crippen LogP contribution < -0.4 is 5.73 Å². The van der Waals surface area contributed by atoms with Crippen LogP contribution in [0.2, 0.25) is 0 Å². The lowest BCUT2D eigenvalue weighted by atomic mass is 10.00. The minimum absolute atomic E-state index is 0. The van der Waals surface area contributed by atoms with E-state index in [0.29, 0.717) is 25.0 Å². The molecule has 1 aliphatic heterocycles. The highest BCUT2D eigenvalue weighted by atomic mass is 35.5. The molecule has 1 aliphatic rings. The van der Waals surface area contributed by atoms with E-state index in [4.69, 9.17) is 5.73 Å². The molecule has 2 atom stereocenters. The van der Waals surface area contributed by atoms with Crippen molar-refractivity contribution in [1.82, 2.24) is 4.31 Å². The minimum Gasteiger partial charge on any atom is -0.326 e. The van der Waals surface area contributed by atoms with E-state index < -0.39 is 44.6 Å². The van der Waals surface area contributed by atoms with Crippen LogP contribution >= 0.6 is 12.4 Å². The van der Waals surface area contributed by atoms with Crippen molar-refractivity contribution in [3.8, 4) is 0 Å². The molecule has 1 aromatic carbocycles. The summed E-state index contributed by atoms with van der Waals surface area (Å²) in [6.07, 6.45) is -3.01. The quantitative estimate of drug-likeness (QED) is 0.806. The van der Waals surface area contributed by atoms with Crippen molar-refractivity contribution < 1.29 is 26.0 Å². The first-order valence-corrected chi connectivity index (χ1v) is 8.63. The van der Waals surface area contributed by atoms with Crippen molar-refractivity contribution in [2.24, 2.45) is 5.73 Å². The topological polar surface area (TPSA) is 63.4 Å². The first kappa shape index (κ1) is 21.1. The van der Waals surface area contributed by atoms with Gasteiger partial charge in [0.2, 0.25) is 10.0 Å². The zero-order valence-electron chi connectivity index (χ0n) is 12.9. The van der Waals surface area contributed by atoms with E-state index in [-0.39, 0.29) is 19.0 Å². The van der Waals surface area contributed by atoms with E-state index in [1.54, 1.807) is 6.92 Å². The Labute approximate surface area is 144 Å². The van der Waals surface area contributed by atoms with Crippen molar-refractivity contribution in [3.05, 3.63) is 29.6 Å². The van der Waals surface area contributed by atoms with Crippen LogP contribution in [-0.4, -0.2) is 31.4 Å². The van der Waals surface area contributed by atoms with Gasteiger partial charge in [0.1, 0.15) is 5.82 Å². The zero-order valence-corrected chi connectivity index (χ0v) is 14.5. The van der Waals surface area contributed by atoms with Gasteiger partial charge in [0, 0.05) is 18.6 Å². The van der Waals surface area contributed by atoms with E-state index in [1.807, 2.05) is 0 Å². The maximum absolute atomic E-state index is 13.4. The number of benzene rings is 1. The lowest BCUT2D eigenvalue weighted by Crippen LogP contribution is -2.51. The Kier molecular flexibility index (Phi) is 6.65. The lowest BCUT2D eigenvalue weighted by molar-refractivity contribution is -0.140. The van der Waals surface area contributed by atoms with Gasteiger partial charge in [0.15, 0.2) is 0 Å². The normalized spacial score (nSPS) is 21.2. The molecule has 0 aliphatic carbocycles. The number of hydrogen-bond donors (Lipinski definition) is 1. The fraction of sp³-hybridized carbons (Fsp3) is 0.571. The summed E-state index contributed by atoms with van der Waals surface area (Å²) in [5, 5.41) is 0. The van der Waals surface area contributed by atoms with Gasteiger partial charge in [-0.05, 0) is 38.0 Å². The second-order valence-electron chi connectivity index (χ2n) is 5.68. The van der Waals surface area contributed by atoms with E-state index in [2.05, 4.69) is 0 Å². The first-order valence-electron chi connectivity index (χ1n) is 7.19. The molecule has 2 N–H and O–H groups in total. The number of rotatable bonds is 3. The van der Waals surface area contributed by atoms with E-state index in [9.17, 15) is 26.0 Å². The molecule has 1 aromatic rings. The van der Waals surface area contributed by atoms with Crippen LogP contribution in [0.5, 0.6) is 0 Å². The molecule has 0 radical (unpaired) electrons.